The van der Waals surface area contributed by atoms with Crippen molar-refractivity contribution < 1.29 is 18.5 Å². The van der Waals surface area contributed by atoms with Crippen LogP contribution in [0.15, 0.2) is 72.9 Å². The van der Waals surface area contributed by atoms with Crippen molar-refractivity contribution in [1.82, 2.24) is 15.2 Å². The van der Waals surface area contributed by atoms with Crippen molar-refractivity contribution in [2.45, 2.75) is 0 Å². The lowest BCUT2D eigenvalue weighted by Crippen LogP contribution is -2.42. The molecule has 4 aromatic rings. The Morgan fingerprint density at radius 3 is 2.62 bits per heavy atom. The number of hydrogen-bond acceptors (Lipinski definition) is 8. The van der Waals surface area contributed by atoms with E-state index in [1.807, 2.05) is 36.4 Å². The Morgan fingerprint density at radius 2 is 1.82 bits per heavy atom. The summed E-state index contributed by atoms with van der Waals surface area (Å²) in [7, 11) is 0.846. The van der Waals surface area contributed by atoms with Gasteiger partial charge in [0, 0.05) is 94.5 Å². The van der Waals surface area contributed by atoms with Crippen LogP contribution >= 0.6 is 0 Å². The van der Waals surface area contributed by atoms with Crippen molar-refractivity contribution in [2.75, 3.05) is 55.8 Å². The monoisotopic (exact) mass is 545 g/mol. The van der Waals surface area contributed by atoms with Gasteiger partial charge in [-0.05, 0) is 30.3 Å². The molecule has 1 amide bonds. The molecule has 1 saturated heterocycles. The van der Waals surface area contributed by atoms with E-state index in [0.717, 1.165) is 30.4 Å². The van der Waals surface area contributed by atoms with Crippen molar-refractivity contribution in [1.29, 1.82) is 0 Å². The predicted octanol–water partition coefficient (Wildman–Crippen LogP) is 4.16. The van der Waals surface area contributed by atoms with Crippen molar-refractivity contribution in [3.63, 3.8) is 0 Å². The first-order chi connectivity index (χ1) is 19.0. The van der Waals surface area contributed by atoms with E-state index in [4.69, 9.17) is 15.2 Å². The van der Waals surface area contributed by atoms with Crippen LogP contribution in [0.4, 0.5) is 17.2 Å². The first-order valence-corrected chi connectivity index (χ1v) is 14.2. The van der Waals surface area contributed by atoms with Crippen LogP contribution in [0.3, 0.4) is 0 Å². The van der Waals surface area contributed by atoms with Crippen molar-refractivity contribution in [3.05, 3.63) is 78.5 Å². The van der Waals surface area contributed by atoms with E-state index in [-0.39, 0.29) is 5.91 Å². The molecule has 0 spiro atoms. The molecule has 10 heteroatoms. The summed E-state index contributed by atoms with van der Waals surface area (Å²) < 4.78 is 23.2. The van der Waals surface area contributed by atoms with Crippen LogP contribution in [0.5, 0.6) is 17.2 Å². The summed E-state index contributed by atoms with van der Waals surface area (Å²) in [5.74, 6) is 3.57. The second kappa shape index (κ2) is 12.1. The van der Waals surface area contributed by atoms with Crippen LogP contribution in [0.25, 0.3) is 10.8 Å². The third-order valence-electron chi connectivity index (χ3n) is 6.54. The maximum absolute atomic E-state index is 12.9. The van der Waals surface area contributed by atoms with E-state index in [1.165, 1.54) is 0 Å². The number of nitrogens with two attached hydrogens (primary N) is 1. The Bertz CT molecular complexity index is 1500. The molecule has 4 N–H and O–H groups in total. The molecule has 9 nitrogen and oxygen atoms in total. The number of ether oxygens (including phenoxy) is 2. The molecule has 5 rings (SSSR count). The Kier molecular flexibility index (Phi) is 8.24. The van der Waals surface area contributed by atoms with E-state index >= 15 is 0 Å². The Labute approximate surface area is 229 Å². The average molecular weight is 546 g/mol. The Balaban J connectivity index is 1.27. The van der Waals surface area contributed by atoms with E-state index in [2.05, 4.69) is 20.5 Å². The summed E-state index contributed by atoms with van der Waals surface area (Å²) in [6.45, 7) is 2.81. The highest BCUT2D eigenvalue weighted by atomic mass is 32.2. The highest BCUT2D eigenvalue weighted by Crippen LogP contribution is 2.34. The Hall–Kier alpha value is -4.15. The first kappa shape index (κ1) is 26.5. The van der Waals surface area contributed by atoms with Crippen molar-refractivity contribution in [2.24, 2.45) is 0 Å². The topological polar surface area (TPSA) is 119 Å². The van der Waals surface area contributed by atoms with Gasteiger partial charge in [-0.3, -0.25) is 13.9 Å². The van der Waals surface area contributed by atoms with Gasteiger partial charge in [0.1, 0.15) is 23.1 Å². The molecule has 1 aliphatic heterocycles. The van der Waals surface area contributed by atoms with E-state index in [1.54, 1.807) is 43.6 Å². The van der Waals surface area contributed by atoms with Gasteiger partial charge in [0.25, 0.3) is 5.91 Å². The number of pyridine rings is 1. The SMILES string of the molecule is COc1cc(Nc2cc(Oc3ccc(N)c4ccccc34)ccn2)cc(C(=O)NCCN2CCS(=O)CC2)c1. The number of anilines is 3. The standard InChI is InChI=1S/C29H31N5O4S/c1-37-23-17-20(29(35)32-10-11-34-12-14-39(36)15-13-34)16-21(18-23)33-28-19-22(8-9-31-28)38-27-7-6-26(30)24-4-2-3-5-25(24)27/h2-9,16-19H,10-15,30H2,1H3,(H,31,33)(H,32,35). The first-order valence-electron chi connectivity index (χ1n) is 12.7. The lowest BCUT2D eigenvalue weighted by Gasteiger charge is -2.25. The largest absolute Gasteiger partial charge is 0.497 e. The maximum Gasteiger partial charge on any atom is 0.251 e. The molecule has 202 valence electrons. The molecule has 1 aromatic heterocycles. The number of nitrogen functional groups attached to an aromatic ring is 1. The van der Waals surface area contributed by atoms with E-state index in [9.17, 15) is 9.00 Å². The fourth-order valence-corrected chi connectivity index (χ4v) is 5.58. The van der Waals surface area contributed by atoms with Gasteiger partial charge in [0.15, 0.2) is 0 Å². The molecule has 0 unspecified atom stereocenters. The normalized spacial score (nSPS) is 14.2. The summed E-state index contributed by atoms with van der Waals surface area (Å²) in [6, 6.07) is 20.3. The van der Waals surface area contributed by atoms with Gasteiger partial charge in [-0.15, -0.1) is 0 Å². The molecule has 0 atom stereocenters. The van der Waals surface area contributed by atoms with Crippen LogP contribution < -0.4 is 25.8 Å². The van der Waals surface area contributed by atoms with Gasteiger partial charge in [-0.1, -0.05) is 24.3 Å². The smallest absolute Gasteiger partial charge is 0.251 e. The molecule has 39 heavy (non-hydrogen) atoms. The van der Waals surface area contributed by atoms with Gasteiger partial charge in [0.2, 0.25) is 0 Å². The highest BCUT2D eigenvalue weighted by molar-refractivity contribution is 7.85. The third kappa shape index (κ3) is 6.65. The van der Waals surface area contributed by atoms with Gasteiger partial charge in [0.05, 0.1) is 7.11 Å². The zero-order valence-corrected chi connectivity index (χ0v) is 22.5. The quantitative estimate of drug-likeness (QED) is 0.269. The third-order valence-corrected chi connectivity index (χ3v) is 7.81. The number of benzene rings is 3. The zero-order chi connectivity index (χ0) is 27.2. The average Bonchev–Trinajstić information content (AvgIpc) is 2.95. The lowest BCUT2D eigenvalue weighted by atomic mass is 10.1. The molecular formula is C29H31N5O4S. The summed E-state index contributed by atoms with van der Waals surface area (Å²) in [5.41, 5.74) is 7.94. The zero-order valence-electron chi connectivity index (χ0n) is 21.7. The number of carbonyl (C=O) groups is 1. The predicted molar refractivity (Wildman–Crippen MR) is 156 cm³/mol. The number of nitrogens with one attached hydrogen (secondary N) is 2. The van der Waals surface area contributed by atoms with Crippen LogP contribution in [0, 0.1) is 0 Å². The fourth-order valence-electron chi connectivity index (χ4n) is 4.45. The maximum atomic E-state index is 12.9. The van der Waals surface area contributed by atoms with Gasteiger partial charge < -0.3 is 25.8 Å². The number of methoxy groups -OCH3 is 1. The van der Waals surface area contributed by atoms with Crippen LogP contribution in [0.2, 0.25) is 0 Å². The summed E-state index contributed by atoms with van der Waals surface area (Å²) in [5, 5.41) is 8.07. The second-order valence-corrected chi connectivity index (χ2v) is 10.9. The molecule has 2 heterocycles. The molecule has 3 aromatic carbocycles. The van der Waals surface area contributed by atoms with Crippen LogP contribution in [0.1, 0.15) is 10.4 Å². The van der Waals surface area contributed by atoms with Crippen LogP contribution in [-0.4, -0.2) is 64.8 Å². The number of rotatable bonds is 9. The molecule has 1 aliphatic rings. The number of hydrogen-bond donors (Lipinski definition) is 3. The van der Waals surface area contributed by atoms with Crippen molar-refractivity contribution in [3.8, 4) is 17.2 Å². The summed E-state index contributed by atoms with van der Waals surface area (Å²) >= 11 is 0. The minimum Gasteiger partial charge on any atom is -0.497 e. The van der Waals surface area contributed by atoms with Gasteiger partial charge >= 0.3 is 0 Å². The van der Waals surface area contributed by atoms with E-state index < -0.39 is 10.8 Å². The fraction of sp³-hybridized carbons (Fsp3) is 0.241. The number of nitrogens with zero attached hydrogens (tertiary/aromatic N) is 2. The molecular weight excluding hydrogens is 514 g/mol. The Morgan fingerprint density at radius 1 is 1.03 bits per heavy atom. The van der Waals surface area contributed by atoms with Crippen molar-refractivity contribution >= 4 is 44.7 Å². The number of fused-ring (bicyclic) bond motifs is 1. The molecule has 0 bridgehead atoms. The molecule has 0 aliphatic carbocycles. The van der Waals surface area contributed by atoms with Gasteiger partial charge in [-0.2, -0.15) is 0 Å². The number of amides is 1. The lowest BCUT2D eigenvalue weighted by molar-refractivity contribution is 0.0948. The van der Waals surface area contributed by atoms with E-state index in [0.29, 0.717) is 58.1 Å². The molecule has 1 fully saturated rings. The van der Waals surface area contributed by atoms with Gasteiger partial charge in [-0.25, -0.2) is 4.98 Å². The number of carbonyl (C=O) groups excluding carboxylic acids is 1. The number of aromatic nitrogens is 1. The summed E-state index contributed by atoms with van der Waals surface area (Å²) in [4.78, 5) is 19.5. The second-order valence-electron chi connectivity index (χ2n) is 9.20. The molecule has 0 saturated carbocycles. The van der Waals surface area contributed by atoms with Crippen LogP contribution in [-0.2, 0) is 10.8 Å². The summed E-state index contributed by atoms with van der Waals surface area (Å²) in [6.07, 6.45) is 1.65. The minimum absolute atomic E-state index is 0.196. The highest BCUT2D eigenvalue weighted by Gasteiger charge is 2.16. The molecule has 0 radical (unpaired) electrons. The minimum atomic E-state index is -0.715.